The number of aryl methyl sites for hydroxylation is 2. The van der Waals surface area contributed by atoms with E-state index < -0.39 is 0 Å². The van der Waals surface area contributed by atoms with Gasteiger partial charge in [-0.25, -0.2) is 4.98 Å². The van der Waals surface area contributed by atoms with E-state index in [0.717, 1.165) is 31.4 Å². The maximum Gasteiger partial charge on any atom is 0.251 e. The van der Waals surface area contributed by atoms with Crippen LogP contribution >= 0.6 is 11.3 Å². The highest BCUT2D eigenvalue weighted by Crippen LogP contribution is 2.36. The number of hydrogen-bond acceptors (Lipinski definition) is 5. The number of anilines is 1. The highest BCUT2D eigenvalue weighted by atomic mass is 32.1. The quantitative estimate of drug-likeness (QED) is 0.752. The number of benzene rings is 1. The van der Waals surface area contributed by atoms with Crippen molar-refractivity contribution in [3.05, 3.63) is 45.4 Å². The first kappa shape index (κ1) is 16.9. The van der Waals surface area contributed by atoms with Crippen LogP contribution in [0.3, 0.4) is 0 Å². The van der Waals surface area contributed by atoms with Crippen molar-refractivity contribution in [2.45, 2.75) is 38.6 Å². The number of aliphatic hydroxyl groups excluding tert-OH is 1. The van der Waals surface area contributed by atoms with E-state index in [1.165, 1.54) is 15.6 Å². The van der Waals surface area contributed by atoms with Crippen LogP contribution in [0.25, 0.3) is 0 Å². The van der Waals surface area contributed by atoms with Crippen LogP contribution in [0.5, 0.6) is 0 Å². The Morgan fingerprint density at radius 1 is 1.46 bits per heavy atom. The number of amides is 1. The summed E-state index contributed by atoms with van der Waals surface area (Å²) >= 11 is 1.80. The number of thiazole rings is 1. The van der Waals surface area contributed by atoms with Crippen molar-refractivity contribution in [2.75, 3.05) is 18.5 Å². The van der Waals surface area contributed by atoms with Crippen molar-refractivity contribution in [1.82, 2.24) is 10.3 Å². The second-order valence-electron chi connectivity index (χ2n) is 5.92. The lowest BCUT2D eigenvalue weighted by atomic mass is 9.97. The molecule has 0 radical (unpaired) electrons. The van der Waals surface area contributed by atoms with Gasteiger partial charge in [-0.3, -0.25) is 4.79 Å². The van der Waals surface area contributed by atoms with Crippen molar-refractivity contribution in [3.8, 4) is 0 Å². The van der Waals surface area contributed by atoms with E-state index in [1.807, 2.05) is 18.2 Å². The zero-order chi connectivity index (χ0) is 16.9. The van der Waals surface area contributed by atoms with Crippen molar-refractivity contribution in [2.24, 2.45) is 0 Å². The highest BCUT2D eigenvalue weighted by molar-refractivity contribution is 7.11. The first-order valence-corrected chi connectivity index (χ1v) is 9.27. The minimum Gasteiger partial charge on any atom is -0.395 e. The van der Waals surface area contributed by atoms with E-state index in [1.54, 1.807) is 17.4 Å². The Labute approximate surface area is 146 Å². The van der Waals surface area contributed by atoms with Gasteiger partial charge in [0.25, 0.3) is 5.91 Å². The SMILES string of the molecule is CCc1nc2c(s1)C(Nc1cccc(C(=O)NCCO)c1)CCC2. The number of aromatic nitrogens is 1. The van der Waals surface area contributed by atoms with E-state index in [9.17, 15) is 4.79 Å². The predicted molar refractivity (Wildman–Crippen MR) is 96.7 cm³/mol. The molecule has 1 aromatic carbocycles. The molecule has 1 aliphatic rings. The summed E-state index contributed by atoms with van der Waals surface area (Å²) in [5, 5.41) is 16.3. The van der Waals surface area contributed by atoms with Gasteiger partial charge in [0.15, 0.2) is 0 Å². The van der Waals surface area contributed by atoms with Crippen LogP contribution in [0.4, 0.5) is 5.69 Å². The molecular weight excluding hydrogens is 322 g/mol. The van der Waals surface area contributed by atoms with Crippen molar-refractivity contribution >= 4 is 22.9 Å². The van der Waals surface area contributed by atoms with E-state index in [-0.39, 0.29) is 25.1 Å². The first-order chi connectivity index (χ1) is 11.7. The Kier molecular flexibility index (Phi) is 5.48. The molecule has 5 nitrogen and oxygen atoms in total. The van der Waals surface area contributed by atoms with Crippen LogP contribution in [-0.2, 0) is 12.8 Å². The minimum absolute atomic E-state index is 0.0559. The maximum atomic E-state index is 12.0. The molecule has 0 aliphatic heterocycles. The lowest BCUT2D eigenvalue weighted by Crippen LogP contribution is -2.26. The van der Waals surface area contributed by atoms with E-state index in [2.05, 4.69) is 17.6 Å². The maximum absolute atomic E-state index is 12.0. The Balaban J connectivity index is 1.75. The molecule has 24 heavy (non-hydrogen) atoms. The third-order valence-corrected chi connectivity index (χ3v) is 5.52. The van der Waals surface area contributed by atoms with Crippen LogP contribution in [0, 0.1) is 0 Å². The Hall–Kier alpha value is -1.92. The summed E-state index contributed by atoms with van der Waals surface area (Å²) in [4.78, 5) is 18.1. The number of carbonyl (C=O) groups excluding carboxylic acids is 1. The third kappa shape index (κ3) is 3.76. The molecular formula is C18H23N3O2S. The molecule has 1 amide bonds. The monoisotopic (exact) mass is 345 g/mol. The largest absolute Gasteiger partial charge is 0.395 e. The van der Waals surface area contributed by atoms with E-state index in [4.69, 9.17) is 10.1 Å². The van der Waals surface area contributed by atoms with Gasteiger partial charge in [-0.1, -0.05) is 13.0 Å². The summed E-state index contributed by atoms with van der Waals surface area (Å²) in [6, 6.07) is 7.78. The van der Waals surface area contributed by atoms with Gasteiger partial charge in [-0.05, 0) is 43.9 Å². The standard InChI is InChI=1S/C18H23N3O2S/c1-2-16-21-15-8-4-7-14(17(15)24-16)20-13-6-3-5-12(11-13)18(23)19-9-10-22/h3,5-6,11,14,20,22H,2,4,7-10H2,1H3,(H,19,23). The summed E-state index contributed by atoms with van der Waals surface area (Å²) in [7, 11) is 0. The number of carbonyl (C=O) groups is 1. The fourth-order valence-electron chi connectivity index (χ4n) is 2.98. The predicted octanol–water partition coefficient (Wildman–Crippen LogP) is 2.92. The van der Waals surface area contributed by atoms with Gasteiger partial charge in [-0.2, -0.15) is 0 Å². The van der Waals surface area contributed by atoms with Crippen LogP contribution in [0.15, 0.2) is 24.3 Å². The Morgan fingerprint density at radius 3 is 3.12 bits per heavy atom. The highest BCUT2D eigenvalue weighted by Gasteiger charge is 2.24. The summed E-state index contributed by atoms with van der Waals surface area (Å²) < 4.78 is 0. The van der Waals surface area contributed by atoms with Gasteiger partial charge in [0, 0.05) is 17.8 Å². The molecule has 1 atom stereocenters. The average molecular weight is 345 g/mol. The van der Waals surface area contributed by atoms with E-state index in [0.29, 0.717) is 5.56 Å². The molecule has 0 saturated heterocycles. The molecule has 6 heteroatoms. The summed E-state index contributed by atoms with van der Waals surface area (Å²) in [6.45, 7) is 2.35. The normalized spacial score (nSPS) is 16.5. The van der Waals surface area contributed by atoms with Crippen molar-refractivity contribution in [1.29, 1.82) is 0 Å². The zero-order valence-electron chi connectivity index (χ0n) is 13.8. The topological polar surface area (TPSA) is 74.2 Å². The number of nitrogens with zero attached hydrogens (tertiary/aromatic N) is 1. The lowest BCUT2D eigenvalue weighted by molar-refractivity contribution is 0.0945. The second kappa shape index (κ2) is 7.77. The molecule has 3 rings (SSSR count). The third-order valence-electron chi connectivity index (χ3n) is 4.16. The van der Waals surface area contributed by atoms with Crippen LogP contribution in [0.1, 0.15) is 51.7 Å². The summed E-state index contributed by atoms with van der Waals surface area (Å²) in [5.41, 5.74) is 2.77. The fourth-order valence-corrected chi connectivity index (χ4v) is 4.12. The number of rotatable bonds is 6. The molecule has 0 spiro atoms. The molecule has 1 aliphatic carbocycles. The molecule has 1 aromatic heterocycles. The average Bonchev–Trinajstić information content (AvgIpc) is 3.04. The molecule has 128 valence electrons. The molecule has 3 N–H and O–H groups in total. The lowest BCUT2D eigenvalue weighted by Gasteiger charge is -2.23. The number of fused-ring (bicyclic) bond motifs is 1. The Bertz CT molecular complexity index is 714. The first-order valence-electron chi connectivity index (χ1n) is 8.45. The van der Waals surface area contributed by atoms with Crippen molar-refractivity contribution < 1.29 is 9.90 Å². The van der Waals surface area contributed by atoms with Gasteiger partial charge in [-0.15, -0.1) is 11.3 Å². The molecule has 1 heterocycles. The molecule has 0 saturated carbocycles. The van der Waals surface area contributed by atoms with Crippen LogP contribution in [-0.4, -0.2) is 29.1 Å². The van der Waals surface area contributed by atoms with Gasteiger partial charge < -0.3 is 15.7 Å². The van der Waals surface area contributed by atoms with Crippen LogP contribution in [0.2, 0.25) is 0 Å². The second-order valence-corrected chi connectivity index (χ2v) is 7.04. The number of nitrogens with one attached hydrogen (secondary N) is 2. The molecule has 0 fully saturated rings. The summed E-state index contributed by atoms with van der Waals surface area (Å²) in [6.07, 6.45) is 4.26. The van der Waals surface area contributed by atoms with E-state index >= 15 is 0 Å². The van der Waals surface area contributed by atoms with Gasteiger partial charge in [0.2, 0.25) is 0 Å². The van der Waals surface area contributed by atoms with Gasteiger partial charge >= 0.3 is 0 Å². The van der Waals surface area contributed by atoms with Gasteiger partial charge in [0.05, 0.1) is 28.2 Å². The zero-order valence-corrected chi connectivity index (χ0v) is 14.7. The smallest absolute Gasteiger partial charge is 0.251 e. The van der Waals surface area contributed by atoms with Gasteiger partial charge in [0.1, 0.15) is 0 Å². The van der Waals surface area contributed by atoms with Crippen molar-refractivity contribution in [3.63, 3.8) is 0 Å². The minimum atomic E-state index is -0.164. The molecule has 0 bridgehead atoms. The Morgan fingerprint density at radius 2 is 2.33 bits per heavy atom. The molecule has 1 unspecified atom stereocenters. The number of hydrogen-bond donors (Lipinski definition) is 3. The summed E-state index contributed by atoms with van der Waals surface area (Å²) in [5.74, 6) is -0.164. The molecule has 2 aromatic rings. The fraction of sp³-hybridized carbons (Fsp3) is 0.444. The number of aliphatic hydroxyl groups is 1. The van der Waals surface area contributed by atoms with Crippen LogP contribution < -0.4 is 10.6 Å².